The predicted molar refractivity (Wildman–Crippen MR) is 46.6 cm³/mol. The smallest absolute Gasteiger partial charge is 0.298 e. The SMILES string of the molecule is Nn1ncc2ccc(OC=O)cc21. The maximum Gasteiger partial charge on any atom is 0.298 e. The Labute approximate surface area is 73.7 Å². The van der Waals surface area contributed by atoms with Gasteiger partial charge in [-0.1, -0.05) is 0 Å². The molecule has 5 heteroatoms. The van der Waals surface area contributed by atoms with Crippen LogP contribution in [0.3, 0.4) is 0 Å². The van der Waals surface area contributed by atoms with Crippen LogP contribution in [0.4, 0.5) is 0 Å². The molecule has 1 aromatic heterocycles. The normalized spacial score (nSPS) is 10.2. The van der Waals surface area contributed by atoms with Gasteiger partial charge in [-0.2, -0.15) is 9.89 Å². The summed E-state index contributed by atoms with van der Waals surface area (Å²) >= 11 is 0. The van der Waals surface area contributed by atoms with Gasteiger partial charge < -0.3 is 10.6 Å². The molecule has 2 rings (SSSR count). The highest BCUT2D eigenvalue weighted by molar-refractivity contribution is 5.80. The highest BCUT2D eigenvalue weighted by atomic mass is 16.5. The number of ether oxygens (including phenoxy) is 1. The van der Waals surface area contributed by atoms with Crippen LogP contribution in [0.2, 0.25) is 0 Å². The molecule has 5 nitrogen and oxygen atoms in total. The lowest BCUT2D eigenvalue weighted by Crippen LogP contribution is -2.08. The minimum Gasteiger partial charge on any atom is -0.429 e. The summed E-state index contributed by atoms with van der Waals surface area (Å²) in [5.74, 6) is 5.96. The molecule has 0 saturated carbocycles. The van der Waals surface area contributed by atoms with Crippen LogP contribution in [0.1, 0.15) is 0 Å². The Kier molecular flexibility index (Phi) is 1.63. The molecule has 0 amide bonds. The molecule has 1 heterocycles. The summed E-state index contributed by atoms with van der Waals surface area (Å²) in [4.78, 5) is 11.3. The van der Waals surface area contributed by atoms with Gasteiger partial charge in [0, 0.05) is 11.5 Å². The van der Waals surface area contributed by atoms with E-state index in [9.17, 15) is 4.79 Å². The Bertz CT molecular complexity index is 450. The number of nitrogens with zero attached hydrogens (tertiary/aromatic N) is 2. The van der Waals surface area contributed by atoms with E-state index in [1.54, 1.807) is 24.4 Å². The summed E-state index contributed by atoms with van der Waals surface area (Å²) in [7, 11) is 0. The molecule has 66 valence electrons. The molecule has 0 radical (unpaired) electrons. The van der Waals surface area contributed by atoms with E-state index in [2.05, 4.69) is 9.84 Å². The van der Waals surface area contributed by atoms with Crippen LogP contribution < -0.4 is 10.6 Å². The number of rotatable bonds is 2. The molecule has 2 aromatic rings. The molecule has 1 aromatic carbocycles. The number of fused-ring (bicyclic) bond motifs is 1. The number of hydrogen-bond acceptors (Lipinski definition) is 4. The topological polar surface area (TPSA) is 70.1 Å². The molecule has 0 atom stereocenters. The molecule has 0 saturated heterocycles. The van der Waals surface area contributed by atoms with E-state index in [1.165, 1.54) is 4.79 Å². The van der Waals surface area contributed by atoms with Crippen LogP contribution in [-0.2, 0) is 4.79 Å². The molecule has 13 heavy (non-hydrogen) atoms. The fourth-order valence-electron chi connectivity index (χ4n) is 1.15. The summed E-state index contributed by atoms with van der Waals surface area (Å²) in [5, 5.41) is 4.75. The standard InChI is InChI=1S/C8H7N3O2/c9-11-8-3-7(13-5-12)2-1-6(8)4-10-11/h1-5H,9H2. The average Bonchev–Trinajstić information content (AvgIpc) is 2.49. The second-order valence-electron chi connectivity index (χ2n) is 2.52. The van der Waals surface area contributed by atoms with Crippen molar-refractivity contribution < 1.29 is 9.53 Å². The number of benzene rings is 1. The fraction of sp³-hybridized carbons (Fsp3) is 0. The first kappa shape index (κ1) is 7.60. The number of aromatic nitrogens is 2. The zero-order valence-corrected chi connectivity index (χ0v) is 6.68. The fourth-order valence-corrected chi connectivity index (χ4v) is 1.15. The molecule has 2 N–H and O–H groups in total. The van der Waals surface area contributed by atoms with E-state index in [1.807, 2.05) is 0 Å². The molecule has 0 unspecified atom stereocenters. The first-order valence-corrected chi connectivity index (χ1v) is 3.64. The van der Waals surface area contributed by atoms with E-state index >= 15 is 0 Å². The molecule has 0 spiro atoms. The summed E-state index contributed by atoms with van der Waals surface area (Å²) < 4.78 is 4.66. The summed E-state index contributed by atoms with van der Waals surface area (Å²) in [6, 6.07) is 5.11. The van der Waals surface area contributed by atoms with Gasteiger partial charge in [0.1, 0.15) is 5.75 Å². The number of nitrogen functional groups attached to an aromatic ring is 1. The quantitative estimate of drug-likeness (QED) is 0.528. The zero-order valence-electron chi connectivity index (χ0n) is 6.68. The van der Waals surface area contributed by atoms with Gasteiger partial charge in [-0.05, 0) is 12.1 Å². The second-order valence-corrected chi connectivity index (χ2v) is 2.52. The molecule has 0 aliphatic rings. The van der Waals surface area contributed by atoms with Crippen molar-refractivity contribution in [3.8, 4) is 5.75 Å². The van der Waals surface area contributed by atoms with E-state index in [0.29, 0.717) is 12.2 Å². The average molecular weight is 177 g/mol. The minimum absolute atomic E-state index is 0.373. The maximum atomic E-state index is 10.1. The lowest BCUT2D eigenvalue weighted by atomic mass is 10.2. The van der Waals surface area contributed by atoms with Crippen molar-refractivity contribution in [3.63, 3.8) is 0 Å². The van der Waals surface area contributed by atoms with Gasteiger partial charge in [-0.25, -0.2) is 0 Å². The third-order valence-corrected chi connectivity index (χ3v) is 1.75. The summed E-state index contributed by atoms with van der Waals surface area (Å²) in [6.45, 7) is 0.373. The largest absolute Gasteiger partial charge is 0.429 e. The lowest BCUT2D eigenvalue weighted by Gasteiger charge is -1.97. The monoisotopic (exact) mass is 177 g/mol. The van der Waals surface area contributed by atoms with Crippen molar-refractivity contribution in [1.82, 2.24) is 9.89 Å². The lowest BCUT2D eigenvalue weighted by molar-refractivity contribution is -0.120. The molecule has 0 aliphatic heterocycles. The Morgan fingerprint density at radius 1 is 1.54 bits per heavy atom. The molecule has 0 fully saturated rings. The van der Waals surface area contributed by atoms with E-state index < -0.39 is 0 Å². The maximum absolute atomic E-state index is 10.1. The van der Waals surface area contributed by atoms with Crippen molar-refractivity contribution in [2.75, 3.05) is 5.84 Å². The van der Waals surface area contributed by atoms with Gasteiger partial charge in [-0.15, -0.1) is 0 Å². The summed E-state index contributed by atoms with van der Waals surface area (Å²) in [6.07, 6.45) is 1.64. The Hall–Kier alpha value is -2.04. The van der Waals surface area contributed by atoms with Crippen LogP contribution >= 0.6 is 0 Å². The van der Waals surface area contributed by atoms with Crippen LogP contribution in [0.15, 0.2) is 24.4 Å². The first-order chi connectivity index (χ1) is 6.31. The number of carbonyl (C=O) groups excluding carboxylic acids is 1. The Morgan fingerprint density at radius 3 is 3.15 bits per heavy atom. The van der Waals surface area contributed by atoms with Gasteiger partial charge in [-0.3, -0.25) is 4.79 Å². The highest BCUT2D eigenvalue weighted by Crippen LogP contribution is 2.18. The van der Waals surface area contributed by atoms with Crippen LogP contribution in [-0.4, -0.2) is 16.4 Å². The predicted octanol–water partition coefficient (Wildman–Crippen LogP) is 0.285. The second kappa shape index (κ2) is 2.78. The van der Waals surface area contributed by atoms with Crippen LogP contribution in [0, 0.1) is 0 Å². The molecular formula is C8H7N3O2. The minimum atomic E-state index is 0.373. The van der Waals surface area contributed by atoms with Crippen molar-refractivity contribution >= 4 is 17.4 Å². The van der Waals surface area contributed by atoms with Gasteiger partial charge in [0.25, 0.3) is 6.47 Å². The first-order valence-electron chi connectivity index (χ1n) is 3.64. The highest BCUT2D eigenvalue weighted by Gasteiger charge is 2.01. The van der Waals surface area contributed by atoms with Gasteiger partial charge in [0.15, 0.2) is 0 Å². The molecule has 0 bridgehead atoms. The van der Waals surface area contributed by atoms with Crippen molar-refractivity contribution in [1.29, 1.82) is 0 Å². The van der Waals surface area contributed by atoms with Crippen molar-refractivity contribution in [3.05, 3.63) is 24.4 Å². The van der Waals surface area contributed by atoms with Crippen LogP contribution in [0.5, 0.6) is 5.75 Å². The van der Waals surface area contributed by atoms with Gasteiger partial charge >= 0.3 is 0 Å². The number of nitrogens with two attached hydrogens (primary N) is 1. The molecular weight excluding hydrogens is 170 g/mol. The van der Waals surface area contributed by atoms with E-state index in [-0.39, 0.29) is 0 Å². The van der Waals surface area contributed by atoms with Gasteiger partial charge in [0.05, 0.1) is 11.7 Å². The van der Waals surface area contributed by atoms with Crippen molar-refractivity contribution in [2.45, 2.75) is 0 Å². The third-order valence-electron chi connectivity index (χ3n) is 1.75. The molecule has 0 aliphatic carbocycles. The van der Waals surface area contributed by atoms with Crippen LogP contribution in [0.25, 0.3) is 10.9 Å². The third kappa shape index (κ3) is 1.20. The zero-order chi connectivity index (χ0) is 9.26. The number of carbonyl (C=O) groups is 1. The van der Waals surface area contributed by atoms with Gasteiger partial charge in [0.2, 0.25) is 0 Å². The Morgan fingerprint density at radius 2 is 2.38 bits per heavy atom. The van der Waals surface area contributed by atoms with Crippen molar-refractivity contribution in [2.24, 2.45) is 0 Å². The number of hydrogen-bond donors (Lipinski definition) is 1. The summed E-state index contributed by atoms with van der Waals surface area (Å²) in [5.41, 5.74) is 0.722. The van der Waals surface area contributed by atoms with E-state index in [0.717, 1.165) is 10.9 Å². The van der Waals surface area contributed by atoms with E-state index in [4.69, 9.17) is 5.84 Å². The Balaban J connectivity index is 2.58.